The van der Waals surface area contributed by atoms with Crippen LogP contribution in [0.5, 0.6) is 5.75 Å². The van der Waals surface area contributed by atoms with Crippen LogP contribution in [0.3, 0.4) is 0 Å². The number of amides is 1. The van der Waals surface area contributed by atoms with Crippen LogP contribution in [0.25, 0.3) is 11.0 Å². The second-order valence-corrected chi connectivity index (χ2v) is 7.76. The second-order valence-electron chi connectivity index (χ2n) is 7.76. The lowest BCUT2D eigenvalue weighted by molar-refractivity contribution is -0.119. The third-order valence-electron chi connectivity index (χ3n) is 5.84. The Morgan fingerprint density at radius 1 is 1.13 bits per heavy atom. The first-order chi connectivity index (χ1) is 15.1. The molecule has 4 rings (SSSR count). The average molecular weight is 421 g/mol. The molecular formula is C25H28N2O4. The summed E-state index contributed by atoms with van der Waals surface area (Å²) in [5, 5.41) is 0.834. The van der Waals surface area contributed by atoms with E-state index in [4.69, 9.17) is 9.15 Å². The normalized spacial score (nSPS) is 13.5. The Labute approximate surface area is 182 Å². The number of carbonyl (C=O) groups is 1. The monoisotopic (exact) mass is 420 g/mol. The molecule has 0 saturated carbocycles. The number of carbonyl (C=O) groups excluding carboxylic acids is 1. The van der Waals surface area contributed by atoms with Gasteiger partial charge in [-0.15, -0.1) is 0 Å². The van der Waals surface area contributed by atoms with E-state index in [1.54, 1.807) is 11.0 Å². The minimum absolute atomic E-state index is 0.0622. The highest BCUT2D eigenvalue weighted by molar-refractivity contribution is 5.98. The highest BCUT2D eigenvalue weighted by Gasteiger charge is 2.29. The third kappa shape index (κ3) is 4.49. The zero-order valence-electron chi connectivity index (χ0n) is 18.1. The molecule has 0 fully saturated rings. The van der Waals surface area contributed by atoms with Crippen LogP contribution >= 0.6 is 0 Å². The maximum atomic E-state index is 13.0. The fourth-order valence-electron chi connectivity index (χ4n) is 4.09. The summed E-state index contributed by atoms with van der Waals surface area (Å²) in [5.41, 5.74) is 2.41. The quantitative estimate of drug-likeness (QED) is 0.541. The molecule has 0 aliphatic carbocycles. The summed E-state index contributed by atoms with van der Waals surface area (Å²) in [6.07, 6.45) is 1.54. The van der Waals surface area contributed by atoms with Crippen molar-refractivity contribution in [2.45, 2.75) is 33.3 Å². The molecular weight excluding hydrogens is 392 g/mol. The van der Waals surface area contributed by atoms with Crippen molar-refractivity contribution in [2.75, 3.05) is 31.1 Å². The zero-order valence-corrected chi connectivity index (χ0v) is 18.1. The molecule has 0 bridgehead atoms. The molecule has 6 heteroatoms. The SMILES string of the molecule is CCN(CC)CC(=O)N1CCCc2c1c(=O)oc1ccc(OCc3ccccc3)cc21. The Bertz CT molecular complexity index is 1120. The molecule has 3 aromatic rings. The standard InChI is InChI=1S/C25H28N2O4/c1-3-26(4-2)16-23(28)27-14-8-11-20-21-15-19(30-17-18-9-6-5-7-10-18)12-13-22(21)31-25(29)24(20)27/h5-7,9-10,12-13,15H,3-4,8,11,14,16-17H2,1-2H3. The van der Waals surface area contributed by atoms with E-state index in [0.29, 0.717) is 36.7 Å². The molecule has 0 atom stereocenters. The highest BCUT2D eigenvalue weighted by atomic mass is 16.5. The first-order valence-electron chi connectivity index (χ1n) is 10.9. The lowest BCUT2D eigenvalue weighted by Crippen LogP contribution is -2.44. The van der Waals surface area contributed by atoms with E-state index in [0.717, 1.165) is 42.4 Å². The fourth-order valence-corrected chi connectivity index (χ4v) is 4.09. The van der Waals surface area contributed by atoms with Gasteiger partial charge in [0, 0.05) is 11.9 Å². The fraction of sp³-hybridized carbons (Fsp3) is 0.360. The molecule has 1 aromatic heterocycles. The number of fused-ring (bicyclic) bond motifs is 3. The zero-order chi connectivity index (χ0) is 21.8. The number of anilines is 1. The van der Waals surface area contributed by atoms with Gasteiger partial charge in [0.05, 0.1) is 6.54 Å². The van der Waals surface area contributed by atoms with E-state index < -0.39 is 5.63 Å². The summed E-state index contributed by atoms with van der Waals surface area (Å²) in [5.74, 6) is 0.645. The second kappa shape index (κ2) is 9.35. The lowest BCUT2D eigenvalue weighted by Gasteiger charge is -2.30. The van der Waals surface area contributed by atoms with Crippen molar-refractivity contribution in [2.24, 2.45) is 0 Å². The van der Waals surface area contributed by atoms with Gasteiger partial charge < -0.3 is 14.1 Å². The van der Waals surface area contributed by atoms with Crippen LogP contribution < -0.4 is 15.3 Å². The summed E-state index contributed by atoms with van der Waals surface area (Å²) in [6.45, 7) is 6.92. The summed E-state index contributed by atoms with van der Waals surface area (Å²) >= 11 is 0. The number of nitrogens with zero attached hydrogens (tertiary/aromatic N) is 2. The van der Waals surface area contributed by atoms with Gasteiger partial charge in [-0.25, -0.2) is 4.79 Å². The summed E-state index contributed by atoms with van der Waals surface area (Å²) in [7, 11) is 0. The molecule has 6 nitrogen and oxygen atoms in total. The van der Waals surface area contributed by atoms with Crippen LogP contribution in [-0.2, 0) is 17.8 Å². The predicted molar refractivity (Wildman–Crippen MR) is 122 cm³/mol. The van der Waals surface area contributed by atoms with Crippen molar-refractivity contribution >= 4 is 22.6 Å². The number of hydrogen-bond acceptors (Lipinski definition) is 5. The molecule has 162 valence electrons. The van der Waals surface area contributed by atoms with Crippen LogP contribution in [0.2, 0.25) is 0 Å². The molecule has 0 saturated heterocycles. The predicted octanol–water partition coefficient (Wildman–Crippen LogP) is 3.99. The van der Waals surface area contributed by atoms with E-state index in [1.807, 2.05) is 56.3 Å². The van der Waals surface area contributed by atoms with Gasteiger partial charge in [0.2, 0.25) is 5.91 Å². The van der Waals surface area contributed by atoms with Crippen molar-refractivity contribution in [1.82, 2.24) is 4.90 Å². The van der Waals surface area contributed by atoms with Gasteiger partial charge in [-0.1, -0.05) is 44.2 Å². The molecule has 0 unspecified atom stereocenters. The molecule has 31 heavy (non-hydrogen) atoms. The molecule has 2 aromatic carbocycles. The molecule has 0 N–H and O–H groups in total. The number of aryl methyl sites for hydroxylation is 1. The van der Waals surface area contributed by atoms with Crippen molar-refractivity contribution in [1.29, 1.82) is 0 Å². The van der Waals surface area contributed by atoms with Gasteiger partial charge in [0.25, 0.3) is 0 Å². The summed E-state index contributed by atoms with van der Waals surface area (Å²) in [6, 6.07) is 15.5. The van der Waals surface area contributed by atoms with Crippen molar-refractivity contribution in [3.05, 3.63) is 70.1 Å². The van der Waals surface area contributed by atoms with Crippen LogP contribution in [-0.4, -0.2) is 37.0 Å². The summed E-state index contributed by atoms with van der Waals surface area (Å²) < 4.78 is 11.6. The maximum absolute atomic E-state index is 13.0. The number of hydrogen-bond donors (Lipinski definition) is 0. The minimum atomic E-state index is -0.451. The van der Waals surface area contributed by atoms with Crippen molar-refractivity contribution in [3.8, 4) is 5.75 Å². The van der Waals surface area contributed by atoms with Crippen molar-refractivity contribution < 1.29 is 13.9 Å². The average Bonchev–Trinajstić information content (AvgIpc) is 2.81. The van der Waals surface area contributed by atoms with Crippen molar-refractivity contribution in [3.63, 3.8) is 0 Å². The number of rotatable bonds is 7. The van der Waals surface area contributed by atoms with Gasteiger partial charge >= 0.3 is 5.63 Å². The van der Waals surface area contributed by atoms with E-state index in [1.165, 1.54) is 0 Å². The van der Waals surface area contributed by atoms with Gasteiger partial charge in [-0.2, -0.15) is 0 Å². The molecule has 1 aliphatic heterocycles. The number of ether oxygens (including phenoxy) is 1. The van der Waals surface area contributed by atoms with Gasteiger partial charge in [-0.3, -0.25) is 9.69 Å². The van der Waals surface area contributed by atoms with Gasteiger partial charge in [0.15, 0.2) is 0 Å². The lowest BCUT2D eigenvalue weighted by atomic mass is 9.98. The molecule has 1 amide bonds. The largest absolute Gasteiger partial charge is 0.489 e. The highest BCUT2D eigenvalue weighted by Crippen LogP contribution is 2.33. The Balaban J connectivity index is 1.66. The molecule has 0 radical (unpaired) electrons. The Morgan fingerprint density at radius 3 is 2.65 bits per heavy atom. The van der Waals surface area contributed by atoms with E-state index in [9.17, 15) is 9.59 Å². The molecule has 2 heterocycles. The van der Waals surface area contributed by atoms with E-state index in [2.05, 4.69) is 4.90 Å². The Morgan fingerprint density at radius 2 is 1.90 bits per heavy atom. The minimum Gasteiger partial charge on any atom is -0.489 e. The molecule has 1 aliphatic rings. The Hall–Kier alpha value is -3.12. The smallest absolute Gasteiger partial charge is 0.360 e. The van der Waals surface area contributed by atoms with E-state index in [-0.39, 0.29) is 5.91 Å². The van der Waals surface area contributed by atoms with Crippen LogP contribution in [0.15, 0.2) is 57.7 Å². The van der Waals surface area contributed by atoms with Crippen LogP contribution in [0.1, 0.15) is 31.4 Å². The maximum Gasteiger partial charge on any atom is 0.360 e. The first-order valence-corrected chi connectivity index (χ1v) is 10.9. The summed E-state index contributed by atoms with van der Waals surface area (Å²) in [4.78, 5) is 29.5. The molecule has 0 spiro atoms. The van der Waals surface area contributed by atoms with Crippen LogP contribution in [0, 0.1) is 0 Å². The van der Waals surface area contributed by atoms with Crippen LogP contribution in [0.4, 0.5) is 5.69 Å². The topological polar surface area (TPSA) is 63.0 Å². The number of likely N-dealkylation sites (N-methyl/N-ethyl adjacent to an activating group) is 1. The van der Waals surface area contributed by atoms with Gasteiger partial charge in [-0.05, 0) is 55.3 Å². The number of benzene rings is 2. The van der Waals surface area contributed by atoms with E-state index >= 15 is 0 Å². The van der Waals surface area contributed by atoms with Gasteiger partial charge in [0.1, 0.15) is 23.6 Å². The Kier molecular flexibility index (Phi) is 6.37. The third-order valence-corrected chi connectivity index (χ3v) is 5.84. The first kappa shape index (κ1) is 21.1.